The van der Waals surface area contributed by atoms with Crippen molar-refractivity contribution < 1.29 is 0 Å². The maximum atomic E-state index is 4.16. The zero-order valence-corrected chi connectivity index (χ0v) is 6.12. The first-order valence-electron chi connectivity index (χ1n) is 3.76. The molecule has 2 rings (SSSR count). The average Bonchev–Trinajstić information content (AvgIpc) is 2.36. The van der Waals surface area contributed by atoms with Gasteiger partial charge in [0, 0.05) is 6.42 Å². The van der Waals surface area contributed by atoms with Gasteiger partial charge in [-0.05, 0) is 19.8 Å². The van der Waals surface area contributed by atoms with E-state index in [-0.39, 0.29) is 0 Å². The van der Waals surface area contributed by atoms with Gasteiger partial charge in [-0.25, -0.2) is 9.67 Å². The van der Waals surface area contributed by atoms with Gasteiger partial charge in [-0.2, -0.15) is 5.10 Å². The molecule has 0 bridgehead atoms. The van der Waals surface area contributed by atoms with E-state index in [0.29, 0.717) is 6.04 Å². The molecule has 10 heavy (non-hydrogen) atoms. The van der Waals surface area contributed by atoms with Crippen molar-refractivity contribution in [3.8, 4) is 0 Å². The van der Waals surface area contributed by atoms with Crippen molar-refractivity contribution in [2.24, 2.45) is 0 Å². The van der Waals surface area contributed by atoms with E-state index < -0.39 is 0 Å². The van der Waals surface area contributed by atoms with Gasteiger partial charge in [0.25, 0.3) is 0 Å². The number of hydrogen-bond donors (Lipinski definition) is 0. The molecule has 0 spiro atoms. The third kappa shape index (κ3) is 0.735. The van der Waals surface area contributed by atoms with Crippen LogP contribution in [0.5, 0.6) is 0 Å². The Balaban J connectivity index is 2.41. The number of fused-ring (bicyclic) bond motifs is 1. The van der Waals surface area contributed by atoms with E-state index in [0.717, 1.165) is 12.2 Å². The van der Waals surface area contributed by atoms with Crippen molar-refractivity contribution in [1.82, 2.24) is 14.8 Å². The molecule has 3 heteroatoms. The Morgan fingerprint density at radius 1 is 1.70 bits per heavy atom. The largest absolute Gasteiger partial charge is 0.247 e. The van der Waals surface area contributed by atoms with Crippen LogP contribution in [-0.4, -0.2) is 14.8 Å². The van der Waals surface area contributed by atoms with Gasteiger partial charge < -0.3 is 0 Å². The summed E-state index contributed by atoms with van der Waals surface area (Å²) in [5.41, 5.74) is 0. The summed E-state index contributed by atoms with van der Waals surface area (Å²) >= 11 is 0. The van der Waals surface area contributed by atoms with Gasteiger partial charge in [-0.15, -0.1) is 0 Å². The summed E-state index contributed by atoms with van der Waals surface area (Å²) in [4.78, 5) is 4.16. The molecule has 1 aliphatic heterocycles. The third-order valence-electron chi connectivity index (χ3n) is 2.09. The molecular formula is C7H11N3. The zero-order chi connectivity index (χ0) is 6.97. The van der Waals surface area contributed by atoms with Crippen LogP contribution < -0.4 is 0 Å². The van der Waals surface area contributed by atoms with Crippen molar-refractivity contribution in [1.29, 1.82) is 0 Å². The lowest BCUT2D eigenvalue weighted by atomic mass is 10.1. The molecule has 3 nitrogen and oxygen atoms in total. The standard InChI is InChI=1S/C7H11N3/c1-6-3-2-4-7-8-5-9-10(6)7/h5-6H,2-4H2,1H3. The fourth-order valence-electron chi connectivity index (χ4n) is 1.50. The van der Waals surface area contributed by atoms with E-state index in [4.69, 9.17) is 0 Å². The van der Waals surface area contributed by atoms with E-state index in [2.05, 4.69) is 17.0 Å². The quantitative estimate of drug-likeness (QED) is 0.537. The van der Waals surface area contributed by atoms with Gasteiger partial charge in [-0.1, -0.05) is 0 Å². The van der Waals surface area contributed by atoms with E-state index in [1.165, 1.54) is 12.8 Å². The number of rotatable bonds is 0. The molecule has 0 saturated heterocycles. The van der Waals surface area contributed by atoms with Crippen LogP contribution in [0.3, 0.4) is 0 Å². The monoisotopic (exact) mass is 137 g/mol. The lowest BCUT2D eigenvalue weighted by Gasteiger charge is -2.18. The van der Waals surface area contributed by atoms with Crippen LogP contribution in [0.25, 0.3) is 0 Å². The third-order valence-corrected chi connectivity index (χ3v) is 2.09. The smallest absolute Gasteiger partial charge is 0.138 e. The maximum absolute atomic E-state index is 4.16. The summed E-state index contributed by atoms with van der Waals surface area (Å²) in [6.07, 6.45) is 5.26. The number of hydrogen-bond acceptors (Lipinski definition) is 2. The van der Waals surface area contributed by atoms with Crippen molar-refractivity contribution in [2.75, 3.05) is 0 Å². The van der Waals surface area contributed by atoms with Crippen LogP contribution >= 0.6 is 0 Å². The minimum absolute atomic E-state index is 0.561. The second kappa shape index (κ2) is 2.08. The minimum Gasteiger partial charge on any atom is -0.247 e. The Bertz CT molecular complexity index is 229. The molecule has 1 unspecified atom stereocenters. The number of aromatic nitrogens is 3. The topological polar surface area (TPSA) is 30.7 Å². The molecule has 1 aromatic rings. The second-order valence-corrected chi connectivity index (χ2v) is 2.86. The Hall–Kier alpha value is -0.860. The predicted octanol–water partition coefficient (Wildman–Crippen LogP) is 1.18. The van der Waals surface area contributed by atoms with Crippen LogP contribution in [-0.2, 0) is 6.42 Å². The zero-order valence-electron chi connectivity index (χ0n) is 6.12. The molecular weight excluding hydrogens is 126 g/mol. The fourth-order valence-corrected chi connectivity index (χ4v) is 1.50. The molecule has 2 heterocycles. The summed E-state index contributed by atoms with van der Waals surface area (Å²) in [7, 11) is 0. The van der Waals surface area contributed by atoms with Crippen molar-refractivity contribution >= 4 is 0 Å². The molecule has 0 amide bonds. The molecule has 1 aromatic heterocycles. The van der Waals surface area contributed by atoms with Crippen LogP contribution in [0.4, 0.5) is 0 Å². The molecule has 0 aromatic carbocycles. The van der Waals surface area contributed by atoms with Gasteiger partial charge in [0.2, 0.25) is 0 Å². The first-order valence-corrected chi connectivity index (χ1v) is 3.76. The van der Waals surface area contributed by atoms with Crippen LogP contribution in [0.15, 0.2) is 6.33 Å². The van der Waals surface area contributed by atoms with Gasteiger partial charge in [0.1, 0.15) is 12.2 Å². The minimum atomic E-state index is 0.561. The highest BCUT2D eigenvalue weighted by Crippen LogP contribution is 2.20. The van der Waals surface area contributed by atoms with Crippen LogP contribution in [0.2, 0.25) is 0 Å². The molecule has 1 atom stereocenters. The highest BCUT2D eigenvalue weighted by Gasteiger charge is 2.15. The fraction of sp³-hybridized carbons (Fsp3) is 0.714. The van der Waals surface area contributed by atoms with Crippen LogP contribution in [0.1, 0.15) is 31.6 Å². The lowest BCUT2D eigenvalue weighted by Crippen LogP contribution is -2.16. The molecule has 1 aliphatic rings. The molecule has 54 valence electrons. The Kier molecular flexibility index (Phi) is 1.22. The Morgan fingerprint density at radius 3 is 3.40 bits per heavy atom. The summed E-state index contributed by atoms with van der Waals surface area (Å²) in [5.74, 6) is 1.15. The van der Waals surface area contributed by atoms with E-state index in [1.54, 1.807) is 6.33 Å². The van der Waals surface area contributed by atoms with E-state index >= 15 is 0 Å². The number of nitrogens with zero attached hydrogens (tertiary/aromatic N) is 3. The predicted molar refractivity (Wildman–Crippen MR) is 37.7 cm³/mol. The average molecular weight is 137 g/mol. The molecule has 0 aliphatic carbocycles. The highest BCUT2D eigenvalue weighted by molar-refractivity contribution is 4.90. The second-order valence-electron chi connectivity index (χ2n) is 2.86. The highest BCUT2D eigenvalue weighted by atomic mass is 15.3. The molecule has 0 fully saturated rings. The number of aryl methyl sites for hydroxylation is 1. The molecule has 0 N–H and O–H groups in total. The lowest BCUT2D eigenvalue weighted by molar-refractivity contribution is 0.388. The van der Waals surface area contributed by atoms with E-state index in [9.17, 15) is 0 Å². The van der Waals surface area contributed by atoms with Crippen molar-refractivity contribution in [3.05, 3.63) is 12.2 Å². The maximum Gasteiger partial charge on any atom is 0.138 e. The molecule has 0 saturated carbocycles. The van der Waals surface area contributed by atoms with Gasteiger partial charge >= 0.3 is 0 Å². The first-order chi connectivity index (χ1) is 4.88. The Labute approximate surface area is 60.1 Å². The summed E-state index contributed by atoms with van der Waals surface area (Å²) in [6.45, 7) is 2.19. The van der Waals surface area contributed by atoms with E-state index in [1.807, 2.05) is 4.68 Å². The van der Waals surface area contributed by atoms with Gasteiger partial charge in [-0.3, -0.25) is 0 Å². The summed E-state index contributed by atoms with van der Waals surface area (Å²) in [6, 6.07) is 0.561. The van der Waals surface area contributed by atoms with Gasteiger partial charge in [0.05, 0.1) is 6.04 Å². The Morgan fingerprint density at radius 2 is 2.60 bits per heavy atom. The normalized spacial score (nSPS) is 24.3. The van der Waals surface area contributed by atoms with Gasteiger partial charge in [0.15, 0.2) is 0 Å². The summed E-state index contributed by atoms with van der Waals surface area (Å²) < 4.78 is 2.03. The SMILES string of the molecule is CC1CCCc2ncnn21. The van der Waals surface area contributed by atoms with Crippen molar-refractivity contribution in [3.63, 3.8) is 0 Å². The van der Waals surface area contributed by atoms with Crippen LogP contribution in [0, 0.1) is 0 Å². The first kappa shape index (κ1) is 5.89. The summed E-state index contributed by atoms with van der Waals surface area (Å²) in [5, 5.41) is 4.14. The van der Waals surface area contributed by atoms with Crippen molar-refractivity contribution in [2.45, 2.75) is 32.2 Å². The molecule has 0 radical (unpaired) electrons.